The molecule has 1 aromatic carbocycles. The second-order valence-electron chi connectivity index (χ2n) is 20.0. The highest BCUT2D eigenvalue weighted by atomic mass is 16.7. The Morgan fingerprint density at radius 3 is 2.34 bits per heavy atom. The van der Waals surface area contributed by atoms with Crippen LogP contribution in [0.3, 0.4) is 0 Å². The molecular formula is C53H77NO14. The number of fused-ring (bicyclic) bond motifs is 4. The fourth-order valence-electron chi connectivity index (χ4n) is 10.9. The third-order valence-electron chi connectivity index (χ3n) is 15.0. The van der Waals surface area contributed by atoms with E-state index in [2.05, 4.69) is 13.0 Å². The largest absolute Gasteiger partial charge is 0.456 e. The highest BCUT2D eigenvalue weighted by Gasteiger charge is 2.56. The monoisotopic (exact) mass is 952 g/mol. The Morgan fingerprint density at radius 1 is 0.897 bits per heavy atom. The molecule has 68 heavy (non-hydrogen) atoms. The van der Waals surface area contributed by atoms with Gasteiger partial charge in [0.05, 0.1) is 37.1 Å². The van der Waals surface area contributed by atoms with Crippen molar-refractivity contribution in [2.75, 3.05) is 41.3 Å². The SMILES string of the molecule is CCC1C=C(C)CC(C)CC(OC)C2OC(O)(C(=O)C(=O)N3CCCCC3C(=O)OC(C(C)=CC3CCC(OCC=Cc4ccc5c(c4)OCO5)C(OC)C3)C(C)C(O)CC1=O)C(C)CC2OC. The van der Waals surface area contributed by atoms with Crippen molar-refractivity contribution in [1.82, 2.24) is 4.90 Å². The van der Waals surface area contributed by atoms with Crippen molar-refractivity contribution < 1.29 is 67.3 Å². The number of hydrogen-bond donors (Lipinski definition) is 2. The van der Waals surface area contributed by atoms with Crippen LogP contribution in [0.1, 0.15) is 118 Å². The molecule has 378 valence electrons. The molecule has 14 unspecified atom stereocenters. The lowest BCUT2D eigenvalue weighted by Crippen LogP contribution is -2.64. The molecule has 1 amide bonds. The summed E-state index contributed by atoms with van der Waals surface area (Å²) in [5.74, 6) is -6.08. The molecule has 0 radical (unpaired) electrons. The summed E-state index contributed by atoms with van der Waals surface area (Å²) in [4.78, 5) is 58.5. The Labute approximate surface area is 402 Å². The van der Waals surface area contributed by atoms with E-state index in [1.165, 1.54) is 19.1 Å². The lowest BCUT2D eigenvalue weighted by molar-refractivity contribution is -0.302. The van der Waals surface area contributed by atoms with Gasteiger partial charge in [-0.1, -0.05) is 63.6 Å². The normalized spacial score (nSPS) is 36.2. The number of allylic oxidation sites excluding steroid dienone is 3. The molecule has 1 aliphatic carbocycles. The van der Waals surface area contributed by atoms with Gasteiger partial charge in [0.15, 0.2) is 11.5 Å². The highest BCUT2D eigenvalue weighted by Crippen LogP contribution is 2.40. The maximum absolute atomic E-state index is 14.5. The van der Waals surface area contributed by atoms with Crippen molar-refractivity contribution in [3.63, 3.8) is 0 Å². The Kier molecular flexibility index (Phi) is 19.0. The van der Waals surface area contributed by atoms with E-state index in [9.17, 15) is 29.4 Å². The van der Waals surface area contributed by atoms with Crippen LogP contribution in [0.15, 0.2) is 47.6 Å². The van der Waals surface area contributed by atoms with E-state index in [1.54, 1.807) is 21.0 Å². The number of piperidine rings is 1. The summed E-state index contributed by atoms with van der Waals surface area (Å²) in [6, 6.07) is 4.63. The van der Waals surface area contributed by atoms with Gasteiger partial charge in [0.1, 0.15) is 24.0 Å². The number of methoxy groups -OCH3 is 3. The summed E-state index contributed by atoms with van der Waals surface area (Å²) < 4.78 is 47.6. The Morgan fingerprint density at radius 2 is 1.62 bits per heavy atom. The molecule has 15 nitrogen and oxygen atoms in total. The first-order valence-corrected chi connectivity index (χ1v) is 24.8. The van der Waals surface area contributed by atoms with Gasteiger partial charge < -0.3 is 53.0 Å². The minimum absolute atomic E-state index is 0.0154. The minimum Gasteiger partial charge on any atom is -0.456 e. The Bertz CT molecular complexity index is 2000. The van der Waals surface area contributed by atoms with Crippen LogP contribution in [0, 0.1) is 29.6 Å². The molecule has 5 aliphatic rings. The molecule has 2 N–H and O–H groups in total. The van der Waals surface area contributed by atoms with E-state index in [0.29, 0.717) is 62.9 Å². The summed E-state index contributed by atoms with van der Waals surface area (Å²) in [7, 11) is 4.74. The number of benzene rings is 1. The van der Waals surface area contributed by atoms with Crippen LogP contribution in [0.25, 0.3) is 6.08 Å². The predicted molar refractivity (Wildman–Crippen MR) is 253 cm³/mol. The number of aliphatic hydroxyl groups excluding tert-OH is 1. The lowest BCUT2D eigenvalue weighted by atomic mass is 9.81. The van der Waals surface area contributed by atoms with Gasteiger partial charge >= 0.3 is 5.97 Å². The smallest absolute Gasteiger partial charge is 0.329 e. The van der Waals surface area contributed by atoms with Crippen molar-refractivity contribution in [2.45, 2.75) is 167 Å². The fourth-order valence-corrected chi connectivity index (χ4v) is 10.9. The number of amides is 1. The molecule has 4 aliphatic heterocycles. The van der Waals surface area contributed by atoms with Crippen molar-refractivity contribution in [2.24, 2.45) is 29.6 Å². The second kappa shape index (κ2) is 24.2. The third kappa shape index (κ3) is 12.7. The zero-order chi connectivity index (χ0) is 49.3. The number of ether oxygens (including phenoxy) is 8. The number of rotatable bonds is 10. The molecule has 2 saturated heterocycles. The van der Waals surface area contributed by atoms with E-state index in [4.69, 9.17) is 37.9 Å². The number of aliphatic hydroxyl groups is 2. The fraction of sp³-hybridized carbons (Fsp3) is 0.698. The Hall–Kier alpha value is -3.96. The molecule has 3 fully saturated rings. The van der Waals surface area contributed by atoms with E-state index < -0.39 is 77.8 Å². The Balaban J connectivity index is 1.25. The van der Waals surface area contributed by atoms with Crippen LogP contribution in [0.5, 0.6) is 11.5 Å². The average molecular weight is 952 g/mol. The maximum atomic E-state index is 14.5. The van der Waals surface area contributed by atoms with Crippen molar-refractivity contribution in [3.8, 4) is 11.5 Å². The van der Waals surface area contributed by atoms with Gasteiger partial charge in [-0.15, -0.1) is 0 Å². The van der Waals surface area contributed by atoms with Gasteiger partial charge in [0, 0.05) is 52.0 Å². The molecule has 2 bridgehead atoms. The number of cyclic esters (lactones) is 1. The standard InChI is InChI=1S/C53H77NO14/c1-10-38-23-31(2)22-32(3)24-46(62-8)49-47(63-9)26-34(5)53(60,68-49)50(57)51(58)54-20-12-11-15-39(54)52(59)67-48(35(6)40(55)29-41(38)56)33(4)25-37-17-19-42(44(28-37)61-7)64-21-13-14-36-16-18-43-45(27-36)66-30-65-43/h13-14,16,18,23,25,27,32,34-35,37-40,42,44,46-49,55,60H,10-12,15,17,19-22,24,26,28-30H2,1-9H3. The molecule has 6 rings (SSSR count). The topological polar surface area (TPSA) is 186 Å². The van der Waals surface area contributed by atoms with Crippen LogP contribution >= 0.6 is 0 Å². The van der Waals surface area contributed by atoms with E-state index >= 15 is 0 Å². The second-order valence-corrected chi connectivity index (χ2v) is 20.0. The maximum Gasteiger partial charge on any atom is 0.329 e. The van der Waals surface area contributed by atoms with Gasteiger partial charge in [0.25, 0.3) is 11.7 Å². The zero-order valence-corrected chi connectivity index (χ0v) is 41.7. The van der Waals surface area contributed by atoms with E-state index in [1.807, 2.05) is 57.2 Å². The van der Waals surface area contributed by atoms with Crippen LogP contribution in [0.4, 0.5) is 0 Å². The molecule has 14 atom stereocenters. The average Bonchev–Trinajstić information content (AvgIpc) is 3.81. The van der Waals surface area contributed by atoms with Gasteiger partial charge in [-0.3, -0.25) is 14.4 Å². The van der Waals surface area contributed by atoms with Crippen molar-refractivity contribution >= 4 is 29.5 Å². The molecule has 1 aromatic rings. The van der Waals surface area contributed by atoms with Crippen LogP contribution < -0.4 is 9.47 Å². The molecule has 4 heterocycles. The first kappa shape index (κ1) is 53.4. The number of carbonyl (C=O) groups excluding carboxylic acids is 4. The summed E-state index contributed by atoms with van der Waals surface area (Å²) in [5, 5.41) is 24.0. The summed E-state index contributed by atoms with van der Waals surface area (Å²) in [5.41, 5.74) is 2.66. The van der Waals surface area contributed by atoms with Crippen LogP contribution in [-0.4, -0.2) is 134 Å². The van der Waals surface area contributed by atoms with Crippen molar-refractivity contribution in [3.05, 3.63) is 53.1 Å². The lowest BCUT2D eigenvalue weighted by Gasteiger charge is -2.47. The van der Waals surface area contributed by atoms with Gasteiger partial charge in [0.2, 0.25) is 12.6 Å². The number of esters is 1. The molecule has 0 spiro atoms. The summed E-state index contributed by atoms with van der Waals surface area (Å²) in [6.45, 7) is 12.0. The minimum atomic E-state index is -2.51. The number of carbonyl (C=O) groups is 4. The van der Waals surface area contributed by atoms with Crippen LogP contribution in [0.2, 0.25) is 0 Å². The first-order chi connectivity index (χ1) is 32.5. The molecule has 0 aromatic heterocycles. The molecule has 1 saturated carbocycles. The highest BCUT2D eigenvalue weighted by molar-refractivity contribution is 6.39. The third-order valence-corrected chi connectivity index (χ3v) is 15.0. The molecular weight excluding hydrogens is 875 g/mol. The van der Waals surface area contributed by atoms with Crippen LogP contribution in [-0.2, 0) is 47.6 Å². The number of Topliss-reactive ketones (excluding diaryl/α,β-unsaturated/α-hetero) is 2. The number of nitrogens with zero attached hydrogens (tertiary/aromatic N) is 1. The van der Waals surface area contributed by atoms with Gasteiger partial charge in [-0.25, -0.2) is 4.79 Å². The van der Waals surface area contributed by atoms with Gasteiger partial charge in [-0.2, -0.15) is 0 Å². The number of hydrogen-bond acceptors (Lipinski definition) is 14. The van der Waals surface area contributed by atoms with E-state index in [0.717, 1.165) is 23.3 Å². The number of ketones is 2. The summed E-state index contributed by atoms with van der Waals surface area (Å²) >= 11 is 0. The molecule has 15 heteroatoms. The first-order valence-electron chi connectivity index (χ1n) is 24.8. The van der Waals surface area contributed by atoms with Gasteiger partial charge in [-0.05, 0) is 113 Å². The van der Waals surface area contributed by atoms with Crippen molar-refractivity contribution in [1.29, 1.82) is 0 Å². The van der Waals surface area contributed by atoms with E-state index in [-0.39, 0.29) is 62.4 Å². The quantitative estimate of drug-likeness (QED) is 0.140. The predicted octanol–water partition coefficient (Wildman–Crippen LogP) is 6.94. The zero-order valence-electron chi connectivity index (χ0n) is 41.7. The summed E-state index contributed by atoms with van der Waals surface area (Å²) in [6.07, 6.45) is 8.56.